The number of amides is 2. The molecule has 2 amide bonds. The van der Waals surface area contributed by atoms with Gasteiger partial charge in [0.25, 0.3) is 0 Å². The third-order valence-corrected chi connectivity index (χ3v) is 9.75. The molecule has 154 valence electrons. The molecule has 1 heterocycles. The summed E-state index contributed by atoms with van der Waals surface area (Å²) in [7, 11) is 0. The van der Waals surface area contributed by atoms with Crippen LogP contribution in [0.4, 0.5) is 5.69 Å². The van der Waals surface area contributed by atoms with E-state index in [0.29, 0.717) is 11.3 Å². The minimum atomic E-state index is -0.485. The van der Waals surface area contributed by atoms with Crippen LogP contribution in [0, 0.1) is 23.7 Å². The van der Waals surface area contributed by atoms with Crippen LogP contribution in [0.5, 0.6) is 0 Å². The van der Waals surface area contributed by atoms with Gasteiger partial charge in [0.15, 0.2) is 0 Å². The maximum absolute atomic E-state index is 13.2. The Labute approximate surface area is 191 Å². The lowest BCUT2D eigenvalue weighted by atomic mass is 9.81. The van der Waals surface area contributed by atoms with E-state index in [1.165, 1.54) is 4.90 Å². The van der Waals surface area contributed by atoms with Crippen molar-refractivity contribution in [2.24, 2.45) is 23.7 Å². The Morgan fingerprint density at radius 3 is 2.20 bits per heavy atom. The van der Waals surface area contributed by atoms with Crippen LogP contribution in [0.25, 0.3) is 0 Å². The summed E-state index contributed by atoms with van der Waals surface area (Å²) in [5.74, 6) is -1.05. The number of halogens is 2. The van der Waals surface area contributed by atoms with Crippen molar-refractivity contribution in [3.63, 3.8) is 0 Å². The number of ether oxygens (including phenoxy) is 1. The van der Waals surface area contributed by atoms with Crippen molar-refractivity contribution in [3.8, 4) is 0 Å². The number of anilines is 1. The van der Waals surface area contributed by atoms with Gasteiger partial charge in [0, 0.05) is 9.65 Å². The largest absolute Gasteiger partial charge is 0.457 e. The zero-order valence-corrected chi connectivity index (χ0v) is 19.1. The number of hydrogen-bond donors (Lipinski definition) is 0. The molecule has 0 unspecified atom stereocenters. The third kappa shape index (κ3) is 3.05. The molecule has 0 N–H and O–H groups in total. The SMILES string of the molecule is O=C(OCc1ccccc1)c1cccc(N2C(=O)[C@H]3[C@@H]4C[C@@H]([C@H](Br)[C@@H]4Br)[C@@H]3C2=O)c1. The predicted molar refractivity (Wildman–Crippen MR) is 119 cm³/mol. The minimum Gasteiger partial charge on any atom is -0.457 e. The van der Waals surface area contributed by atoms with E-state index in [4.69, 9.17) is 4.74 Å². The molecule has 7 heteroatoms. The first-order valence-corrected chi connectivity index (χ1v) is 11.8. The Balaban J connectivity index is 1.36. The van der Waals surface area contributed by atoms with Gasteiger partial charge in [0.05, 0.1) is 23.1 Å². The first-order chi connectivity index (χ1) is 14.5. The molecular weight excluding hydrogens is 514 g/mol. The summed E-state index contributed by atoms with van der Waals surface area (Å²) in [6.07, 6.45) is 0.887. The number of fused-ring (bicyclic) bond motifs is 5. The van der Waals surface area contributed by atoms with Crippen molar-refractivity contribution in [1.29, 1.82) is 0 Å². The van der Waals surface area contributed by atoms with Crippen LogP contribution in [0.15, 0.2) is 54.6 Å². The van der Waals surface area contributed by atoms with Crippen LogP contribution in [-0.4, -0.2) is 27.4 Å². The van der Waals surface area contributed by atoms with E-state index in [1.54, 1.807) is 24.3 Å². The van der Waals surface area contributed by atoms with Gasteiger partial charge in [-0.3, -0.25) is 14.5 Å². The standard InChI is InChI=1S/C23H19Br2NO4/c24-19-15-10-16(20(19)25)18-17(15)21(27)26(22(18)28)14-8-4-7-13(9-14)23(29)30-11-12-5-2-1-3-6-12/h1-9,15-20H,10-11H2/t15-,16+,17-,18-,19+,20-/m0/s1. The molecular formula is C23H19Br2NO4. The zero-order valence-electron chi connectivity index (χ0n) is 15.9. The van der Waals surface area contributed by atoms with Gasteiger partial charge in [-0.05, 0) is 42.0 Å². The van der Waals surface area contributed by atoms with E-state index in [-0.39, 0.29) is 51.7 Å². The van der Waals surface area contributed by atoms with Crippen molar-refractivity contribution in [2.75, 3.05) is 4.90 Å². The average molecular weight is 533 g/mol. The lowest BCUT2D eigenvalue weighted by Gasteiger charge is -2.28. The van der Waals surface area contributed by atoms with Gasteiger partial charge in [-0.15, -0.1) is 0 Å². The van der Waals surface area contributed by atoms with E-state index in [2.05, 4.69) is 31.9 Å². The first-order valence-electron chi connectivity index (χ1n) is 9.94. The third-order valence-electron chi connectivity index (χ3n) is 6.54. The molecule has 5 rings (SSSR count). The predicted octanol–water partition coefficient (Wildman–Crippen LogP) is 4.33. The van der Waals surface area contributed by atoms with Gasteiger partial charge in [-0.25, -0.2) is 4.79 Å². The zero-order chi connectivity index (χ0) is 21.0. The monoisotopic (exact) mass is 531 g/mol. The topological polar surface area (TPSA) is 63.7 Å². The average Bonchev–Trinajstić information content (AvgIpc) is 3.37. The maximum Gasteiger partial charge on any atom is 0.338 e. The van der Waals surface area contributed by atoms with Crippen LogP contribution < -0.4 is 4.90 Å². The molecule has 1 aliphatic heterocycles. The molecule has 3 aliphatic rings. The van der Waals surface area contributed by atoms with E-state index in [0.717, 1.165) is 12.0 Å². The highest BCUT2D eigenvalue weighted by Crippen LogP contribution is 2.60. The fourth-order valence-corrected chi connectivity index (χ4v) is 7.06. The van der Waals surface area contributed by atoms with Gasteiger partial charge in [0.2, 0.25) is 11.8 Å². The second-order valence-electron chi connectivity index (χ2n) is 8.13. The fourth-order valence-electron chi connectivity index (χ4n) is 5.18. The molecule has 0 spiro atoms. The summed E-state index contributed by atoms with van der Waals surface area (Å²) in [5, 5.41) is 0. The number of esters is 1. The number of carbonyl (C=O) groups excluding carboxylic acids is 3. The van der Waals surface area contributed by atoms with Gasteiger partial charge < -0.3 is 4.74 Å². The number of carbonyl (C=O) groups is 3. The van der Waals surface area contributed by atoms with Gasteiger partial charge in [-0.2, -0.15) is 0 Å². The van der Waals surface area contributed by atoms with Gasteiger partial charge in [-0.1, -0.05) is 68.3 Å². The summed E-state index contributed by atoms with van der Waals surface area (Å²) in [5.41, 5.74) is 1.65. The summed E-state index contributed by atoms with van der Waals surface area (Å²) in [6.45, 7) is 0.165. The summed E-state index contributed by atoms with van der Waals surface area (Å²) >= 11 is 7.40. The normalized spacial score (nSPS) is 31.9. The van der Waals surface area contributed by atoms with E-state index >= 15 is 0 Å². The molecule has 2 saturated carbocycles. The Bertz CT molecular complexity index is 995. The number of rotatable bonds is 4. The van der Waals surface area contributed by atoms with Gasteiger partial charge >= 0.3 is 5.97 Å². The van der Waals surface area contributed by atoms with Crippen LogP contribution in [0.2, 0.25) is 0 Å². The smallest absolute Gasteiger partial charge is 0.338 e. The first kappa shape index (κ1) is 19.9. The minimum absolute atomic E-state index is 0.156. The van der Waals surface area contributed by atoms with Crippen LogP contribution in [-0.2, 0) is 20.9 Å². The number of alkyl halides is 2. The molecule has 6 atom stereocenters. The van der Waals surface area contributed by atoms with Crippen LogP contribution in [0.3, 0.4) is 0 Å². The Morgan fingerprint density at radius 2 is 1.57 bits per heavy atom. The molecule has 2 aromatic rings. The molecule has 0 aromatic heterocycles. The van der Waals surface area contributed by atoms with Crippen LogP contribution >= 0.6 is 31.9 Å². The highest BCUT2D eigenvalue weighted by molar-refractivity contribution is 9.12. The Hall–Kier alpha value is -1.99. The van der Waals surface area contributed by atoms with Crippen molar-refractivity contribution in [2.45, 2.75) is 22.7 Å². The van der Waals surface area contributed by atoms with Crippen molar-refractivity contribution in [1.82, 2.24) is 0 Å². The van der Waals surface area contributed by atoms with E-state index in [1.807, 2.05) is 30.3 Å². The summed E-state index contributed by atoms with van der Waals surface area (Å²) in [6, 6.07) is 16.0. The molecule has 2 aromatic carbocycles. The Kier molecular flexibility index (Phi) is 5.06. The second-order valence-corrected chi connectivity index (χ2v) is 10.2. The molecule has 3 fully saturated rings. The highest BCUT2D eigenvalue weighted by atomic mass is 79.9. The van der Waals surface area contributed by atoms with Crippen molar-refractivity contribution >= 4 is 55.3 Å². The number of hydrogen-bond acceptors (Lipinski definition) is 4. The molecule has 30 heavy (non-hydrogen) atoms. The van der Waals surface area contributed by atoms with Gasteiger partial charge in [0.1, 0.15) is 6.61 Å². The van der Waals surface area contributed by atoms with E-state index < -0.39 is 5.97 Å². The second kappa shape index (κ2) is 7.61. The maximum atomic E-state index is 13.2. The number of nitrogens with zero attached hydrogens (tertiary/aromatic N) is 1. The van der Waals surface area contributed by atoms with E-state index in [9.17, 15) is 14.4 Å². The highest BCUT2D eigenvalue weighted by Gasteiger charge is 2.66. The molecule has 1 saturated heterocycles. The lowest BCUT2D eigenvalue weighted by Crippen LogP contribution is -2.37. The van der Waals surface area contributed by atoms with Crippen molar-refractivity contribution < 1.29 is 19.1 Å². The molecule has 2 aliphatic carbocycles. The van der Waals surface area contributed by atoms with Crippen LogP contribution in [0.1, 0.15) is 22.3 Å². The molecule has 0 radical (unpaired) electrons. The molecule has 2 bridgehead atoms. The lowest BCUT2D eigenvalue weighted by molar-refractivity contribution is -0.123. The Morgan fingerprint density at radius 1 is 0.933 bits per heavy atom. The quantitative estimate of drug-likeness (QED) is 0.334. The van der Waals surface area contributed by atoms with Crippen molar-refractivity contribution in [3.05, 3.63) is 65.7 Å². The number of imide groups is 1. The number of benzene rings is 2. The molecule has 5 nitrogen and oxygen atoms in total. The fraction of sp³-hybridized carbons (Fsp3) is 0.348. The summed E-state index contributed by atoms with van der Waals surface area (Å²) in [4.78, 5) is 40.5. The summed E-state index contributed by atoms with van der Waals surface area (Å²) < 4.78 is 5.39.